The number of aliphatic hydroxyl groups excluding tert-OH is 4. The van der Waals surface area contributed by atoms with Crippen LogP contribution in [0.1, 0.15) is 40.0 Å². The average Bonchev–Trinajstić information content (AvgIpc) is 3.19. The smallest absolute Gasteiger partial charge is 0.331 e. The van der Waals surface area contributed by atoms with Crippen LogP contribution in [0.5, 0.6) is 0 Å². The van der Waals surface area contributed by atoms with E-state index in [2.05, 4.69) is 5.32 Å². The van der Waals surface area contributed by atoms with Gasteiger partial charge in [0, 0.05) is 19.4 Å². The molecule has 2 saturated heterocycles. The Morgan fingerprint density at radius 1 is 1.09 bits per heavy atom. The molecule has 0 aliphatic carbocycles. The predicted octanol–water partition coefficient (Wildman–Crippen LogP) is -2.91. The van der Waals surface area contributed by atoms with Gasteiger partial charge in [-0.2, -0.15) is 0 Å². The van der Waals surface area contributed by atoms with E-state index < -0.39 is 85.2 Å². The molecule has 0 aromatic heterocycles. The van der Waals surface area contributed by atoms with Crippen LogP contribution in [0.4, 0.5) is 0 Å². The van der Waals surface area contributed by atoms with E-state index in [1.165, 1.54) is 13.8 Å². The van der Waals surface area contributed by atoms with E-state index >= 15 is 0 Å². The van der Waals surface area contributed by atoms with E-state index in [-0.39, 0.29) is 26.0 Å². The van der Waals surface area contributed by atoms with E-state index in [0.717, 1.165) is 4.90 Å². The number of rotatable bonds is 10. The number of aliphatic carboxylic acids is 1. The zero-order chi connectivity index (χ0) is 26.4. The fraction of sp³-hybridized carbons (Fsp3) is 0.810. The molecule has 2 rings (SSSR count). The van der Waals surface area contributed by atoms with Gasteiger partial charge in [-0.05, 0) is 20.8 Å². The maximum absolute atomic E-state index is 13.0. The summed E-state index contributed by atoms with van der Waals surface area (Å²) in [7, 11) is 0. The van der Waals surface area contributed by atoms with Crippen LogP contribution in [0, 0.1) is 0 Å². The maximum atomic E-state index is 13.0. The van der Waals surface area contributed by atoms with E-state index in [0.29, 0.717) is 0 Å². The number of likely N-dealkylation sites (tertiary alicyclic amines) is 1. The quantitative estimate of drug-likeness (QED) is 0.165. The number of carboxylic acids is 1. The molecule has 2 amide bonds. The van der Waals surface area contributed by atoms with Crippen molar-refractivity contribution in [2.45, 2.75) is 95.0 Å². The number of nitrogens with zero attached hydrogens (tertiary/aromatic N) is 1. The van der Waals surface area contributed by atoms with Crippen LogP contribution < -0.4 is 5.32 Å². The van der Waals surface area contributed by atoms with Crippen molar-refractivity contribution in [1.29, 1.82) is 0 Å². The molecule has 6 unspecified atom stereocenters. The predicted molar refractivity (Wildman–Crippen MR) is 114 cm³/mol. The van der Waals surface area contributed by atoms with Crippen molar-refractivity contribution in [3.8, 4) is 0 Å². The first kappa shape index (κ1) is 28.9. The van der Waals surface area contributed by atoms with Crippen LogP contribution in [-0.2, 0) is 33.4 Å². The summed E-state index contributed by atoms with van der Waals surface area (Å²) in [4.78, 5) is 49.9. The summed E-state index contributed by atoms with van der Waals surface area (Å²) < 4.78 is 16.0. The van der Waals surface area contributed by atoms with Crippen LogP contribution in [0.3, 0.4) is 0 Å². The van der Waals surface area contributed by atoms with Gasteiger partial charge in [0.1, 0.15) is 24.4 Å². The molecule has 0 aromatic rings. The van der Waals surface area contributed by atoms with E-state index in [4.69, 9.17) is 19.3 Å². The molecule has 14 nitrogen and oxygen atoms in total. The molecular weight excluding hydrogens is 472 g/mol. The highest BCUT2D eigenvalue weighted by Gasteiger charge is 2.45. The Kier molecular flexibility index (Phi) is 10.4. The number of esters is 1. The van der Waals surface area contributed by atoms with Gasteiger partial charge in [0.2, 0.25) is 11.8 Å². The molecule has 200 valence electrons. The van der Waals surface area contributed by atoms with Gasteiger partial charge in [0.05, 0.1) is 31.3 Å². The largest absolute Gasteiger partial charge is 0.481 e. The van der Waals surface area contributed by atoms with Gasteiger partial charge in [-0.15, -0.1) is 0 Å². The summed E-state index contributed by atoms with van der Waals surface area (Å²) in [5.41, 5.74) is 0. The number of nitrogens with one attached hydrogen (secondary N) is 1. The van der Waals surface area contributed by atoms with Gasteiger partial charge >= 0.3 is 11.9 Å². The lowest BCUT2D eigenvalue weighted by atomic mass is 10.00. The minimum Gasteiger partial charge on any atom is -0.481 e. The van der Waals surface area contributed by atoms with Crippen molar-refractivity contribution in [2.24, 2.45) is 0 Å². The lowest BCUT2D eigenvalue weighted by Gasteiger charge is -2.40. The van der Waals surface area contributed by atoms with Crippen molar-refractivity contribution in [1.82, 2.24) is 10.2 Å². The Morgan fingerprint density at radius 3 is 2.34 bits per heavy atom. The fourth-order valence-corrected chi connectivity index (χ4v) is 3.96. The number of carbonyl (C=O) groups excluding carboxylic acids is 3. The molecule has 2 aliphatic heterocycles. The molecule has 2 aliphatic rings. The Bertz CT molecular complexity index is 779. The molecule has 9 atom stereocenters. The van der Waals surface area contributed by atoms with Gasteiger partial charge in [-0.25, -0.2) is 4.79 Å². The highest BCUT2D eigenvalue weighted by Crippen LogP contribution is 2.24. The average molecular weight is 507 g/mol. The van der Waals surface area contributed by atoms with Crippen LogP contribution >= 0.6 is 0 Å². The summed E-state index contributed by atoms with van der Waals surface area (Å²) in [5, 5.41) is 51.3. The molecule has 0 radical (unpaired) electrons. The summed E-state index contributed by atoms with van der Waals surface area (Å²) in [6.07, 6.45) is -10.0. The van der Waals surface area contributed by atoms with Crippen LogP contribution in [-0.4, -0.2) is 122 Å². The van der Waals surface area contributed by atoms with E-state index in [1.807, 2.05) is 0 Å². The number of hydrogen-bond acceptors (Lipinski definition) is 11. The van der Waals surface area contributed by atoms with Gasteiger partial charge in [-0.1, -0.05) is 0 Å². The molecule has 14 heteroatoms. The SMILES string of the molecule is CCOC(=O)C(NC(=O)[C@@H]1C[C@@H](O)CN1C(=O)CCC(=O)O)[C@@H](C)OC1OC(C)C(O)C(O)C1O. The van der Waals surface area contributed by atoms with Crippen molar-refractivity contribution < 1.29 is 58.9 Å². The Hall–Kier alpha value is -2.36. The normalized spacial score (nSPS) is 32.5. The number of β-amino-alcohol motifs (C(OH)–C–C–N with tert-alkyl or cyclic N) is 1. The number of amides is 2. The molecule has 2 heterocycles. The molecule has 0 aromatic carbocycles. The number of hydrogen-bond donors (Lipinski definition) is 6. The van der Waals surface area contributed by atoms with E-state index in [9.17, 15) is 39.6 Å². The van der Waals surface area contributed by atoms with Crippen LogP contribution in [0.2, 0.25) is 0 Å². The standard InChI is InChI=1S/C21H34N2O12/c1-4-33-20(32)15(9(2)34-21-18(30)17(29)16(28)10(3)35-21)22-19(31)12-7-11(24)8-23(12)13(25)5-6-14(26)27/h9-12,15-18,21,24,28-30H,4-8H2,1-3H3,(H,22,31)(H,26,27)/t9-,10?,11-,12+,15?,16?,17?,18?,21?/m1/s1. The summed E-state index contributed by atoms with van der Waals surface area (Å²) in [6.45, 7) is 4.19. The van der Waals surface area contributed by atoms with Crippen molar-refractivity contribution in [3.63, 3.8) is 0 Å². The number of carboxylic acid groups (broad SMARTS) is 1. The topological polar surface area (TPSA) is 212 Å². The summed E-state index contributed by atoms with van der Waals surface area (Å²) >= 11 is 0. The van der Waals surface area contributed by atoms with Crippen LogP contribution in [0.15, 0.2) is 0 Å². The molecule has 0 bridgehead atoms. The third kappa shape index (κ3) is 7.32. The van der Waals surface area contributed by atoms with E-state index in [1.54, 1.807) is 6.92 Å². The highest BCUT2D eigenvalue weighted by atomic mass is 16.7. The third-order valence-corrected chi connectivity index (χ3v) is 5.92. The zero-order valence-electron chi connectivity index (χ0n) is 19.8. The van der Waals surface area contributed by atoms with Gasteiger partial charge < -0.3 is 50.0 Å². The maximum Gasteiger partial charge on any atom is 0.331 e. The number of aliphatic hydroxyl groups is 4. The van der Waals surface area contributed by atoms with Crippen molar-refractivity contribution >= 4 is 23.8 Å². The second-order valence-corrected chi connectivity index (χ2v) is 8.61. The molecular formula is C21H34N2O12. The highest BCUT2D eigenvalue weighted by molar-refractivity contribution is 5.92. The minimum atomic E-state index is -1.64. The lowest BCUT2D eigenvalue weighted by molar-refractivity contribution is -0.304. The molecule has 2 fully saturated rings. The third-order valence-electron chi connectivity index (χ3n) is 5.92. The first-order valence-electron chi connectivity index (χ1n) is 11.4. The Balaban J connectivity index is 2.14. The number of carbonyl (C=O) groups is 4. The molecule has 0 spiro atoms. The minimum absolute atomic E-state index is 0.0235. The Labute approximate surface area is 201 Å². The van der Waals surface area contributed by atoms with Gasteiger partial charge in [-0.3, -0.25) is 14.4 Å². The molecule has 0 saturated carbocycles. The second kappa shape index (κ2) is 12.6. The fourth-order valence-electron chi connectivity index (χ4n) is 3.96. The monoisotopic (exact) mass is 506 g/mol. The van der Waals surface area contributed by atoms with Crippen LogP contribution in [0.25, 0.3) is 0 Å². The second-order valence-electron chi connectivity index (χ2n) is 8.61. The van der Waals surface area contributed by atoms with Gasteiger partial charge in [0.25, 0.3) is 0 Å². The van der Waals surface area contributed by atoms with Crippen molar-refractivity contribution in [2.75, 3.05) is 13.2 Å². The number of ether oxygens (including phenoxy) is 3. The Morgan fingerprint density at radius 2 is 1.74 bits per heavy atom. The first-order chi connectivity index (χ1) is 16.4. The summed E-state index contributed by atoms with van der Waals surface area (Å²) in [6, 6.07) is -2.59. The summed E-state index contributed by atoms with van der Waals surface area (Å²) in [5.74, 6) is -3.50. The van der Waals surface area contributed by atoms with Crippen molar-refractivity contribution in [3.05, 3.63) is 0 Å². The van der Waals surface area contributed by atoms with Gasteiger partial charge in [0.15, 0.2) is 12.3 Å². The first-order valence-corrected chi connectivity index (χ1v) is 11.4. The molecule has 6 N–H and O–H groups in total. The molecule has 35 heavy (non-hydrogen) atoms. The lowest BCUT2D eigenvalue weighted by Crippen LogP contribution is -2.60. The zero-order valence-corrected chi connectivity index (χ0v) is 19.8.